The minimum Gasteiger partial charge on any atom is -0.497 e. The number of H-pyrrole nitrogens is 1. The van der Waals surface area contributed by atoms with Crippen LogP contribution in [0.3, 0.4) is 0 Å². The van der Waals surface area contributed by atoms with Crippen molar-refractivity contribution in [3.63, 3.8) is 0 Å². The fraction of sp³-hybridized carbons (Fsp3) is 0.450. The number of benzene rings is 1. The molecule has 0 spiro atoms. The Balaban J connectivity index is 1.60. The predicted molar refractivity (Wildman–Crippen MR) is 104 cm³/mol. The topological polar surface area (TPSA) is 96.5 Å². The number of fused-ring (bicyclic) bond motifs is 1. The van der Waals surface area contributed by atoms with Gasteiger partial charge < -0.3 is 19.7 Å². The van der Waals surface area contributed by atoms with Crippen LogP contribution in [0.2, 0.25) is 0 Å². The number of nitrogens with one attached hydrogen (secondary N) is 2. The van der Waals surface area contributed by atoms with Crippen molar-refractivity contribution >= 4 is 17.8 Å². The van der Waals surface area contributed by atoms with Crippen molar-refractivity contribution in [2.75, 3.05) is 19.0 Å². The Morgan fingerprint density at radius 2 is 1.96 bits per heavy atom. The van der Waals surface area contributed by atoms with Crippen LogP contribution in [-0.4, -0.2) is 46.4 Å². The summed E-state index contributed by atoms with van der Waals surface area (Å²) in [6, 6.07) is 7.36. The maximum absolute atomic E-state index is 12.4. The van der Waals surface area contributed by atoms with Gasteiger partial charge in [-0.3, -0.25) is 9.89 Å². The smallest absolute Gasteiger partial charge is 0.410 e. The van der Waals surface area contributed by atoms with E-state index in [1.807, 2.05) is 45.0 Å². The lowest BCUT2D eigenvalue weighted by Gasteiger charge is -2.29. The quantitative estimate of drug-likeness (QED) is 0.842. The number of rotatable bonds is 4. The third kappa shape index (κ3) is 4.82. The van der Waals surface area contributed by atoms with Gasteiger partial charge in [0.05, 0.1) is 25.8 Å². The van der Waals surface area contributed by atoms with E-state index in [0.29, 0.717) is 25.3 Å². The van der Waals surface area contributed by atoms with Gasteiger partial charge in [0.1, 0.15) is 11.4 Å². The molecule has 150 valence electrons. The first kappa shape index (κ1) is 19.7. The van der Waals surface area contributed by atoms with Gasteiger partial charge in [-0.1, -0.05) is 12.1 Å². The van der Waals surface area contributed by atoms with Crippen molar-refractivity contribution in [3.8, 4) is 5.75 Å². The van der Waals surface area contributed by atoms with E-state index in [2.05, 4.69) is 15.5 Å². The number of carbonyl (C=O) groups is 2. The van der Waals surface area contributed by atoms with Crippen LogP contribution < -0.4 is 10.1 Å². The normalized spacial score (nSPS) is 13.6. The molecule has 0 aliphatic carbocycles. The molecule has 0 fully saturated rings. The van der Waals surface area contributed by atoms with Crippen LogP contribution in [0, 0.1) is 0 Å². The first-order valence-corrected chi connectivity index (χ1v) is 9.22. The summed E-state index contributed by atoms with van der Waals surface area (Å²) in [5, 5.41) is 10.0. The maximum atomic E-state index is 12.4. The molecule has 0 saturated heterocycles. The zero-order valence-corrected chi connectivity index (χ0v) is 16.7. The standard InChI is InChI=1S/C20H26N4O4/c1-20(2,3)28-19(26)24-10-9-15-16(12-24)22-23-18(15)21-17(25)11-13-5-7-14(27-4)8-6-13/h5-8H,9-12H2,1-4H3,(H2,21,22,23,25). The number of hydrogen-bond acceptors (Lipinski definition) is 5. The van der Waals surface area contributed by atoms with Gasteiger partial charge in [0.2, 0.25) is 5.91 Å². The number of hydrogen-bond donors (Lipinski definition) is 2. The highest BCUT2D eigenvalue weighted by Crippen LogP contribution is 2.25. The minimum atomic E-state index is -0.536. The molecule has 3 rings (SSSR count). The van der Waals surface area contributed by atoms with E-state index < -0.39 is 5.60 Å². The van der Waals surface area contributed by atoms with Crippen LogP contribution in [0.25, 0.3) is 0 Å². The van der Waals surface area contributed by atoms with Gasteiger partial charge in [-0.05, 0) is 44.9 Å². The van der Waals surface area contributed by atoms with E-state index in [9.17, 15) is 9.59 Å². The fourth-order valence-electron chi connectivity index (χ4n) is 3.01. The molecule has 0 saturated carbocycles. The van der Waals surface area contributed by atoms with Gasteiger partial charge in [0.15, 0.2) is 5.82 Å². The first-order valence-electron chi connectivity index (χ1n) is 9.22. The molecule has 8 nitrogen and oxygen atoms in total. The van der Waals surface area contributed by atoms with Gasteiger partial charge in [-0.2, -0.15) is 5.10 Å². The number of anilines is 1. The summed E-state index contributed by atoms with van der Waals surface area (Å²) in [5.41, 5.74) is 2.10. The fourth-order valence-corrected chi connectivity index (χ4v) is 3.01. The highest BCUT2D eigenvalue weighted by Gasteiger charge is 2.28. The Morgan fingerprint density at radius 3 is 2.61 bits per heavy atom. The highest BCUT2D eigenvalue weighted by atomic mass is 16.6. The molecule has 0 bridgehead atoms. The molecule has 28 heavy (non-hydrogen) atoms. The van der Waals surface area contributed by atoms with Crippen molar-refractivity contribution in [1.82, 2.24) is 15.1 Å². The number of aromatic amines is 1. The molecule has 2 N–H and O–H groups in total. The summed E-state index contributed by atoms with van der Waals surface area (Å²) >= 11 is 0. The van der Waals surface area contributed by atoms with Gasteiger partial charge >= 0.3 is 6.09 Å². The van der Waals surface area contributed by atoms with Crippen molar-refractivity contribution in [1.29, 1.82) is 0 Å². The molecule has 1 aromatic heterocycles. The van der Waals surface area contributed by atoms with Crippen LogP contribution in [0.15, 0.2) is 24.3 Å². The zero-order valence-electron chi connectivity index (χ0n) is 16.7. The van der Waals surface area contributed by atoms with Gasteiger partial charge in [-0.15, -0.1) is 0 Å². The van der Waals surface area contributed by atoms with E-state index >= 15 is 0 Å². The number of carbonyl (C=O) groups excluding carboxylic acids is 2. The molecule has 0 radical (unpaired) electrons. The SMILES string of the molecule is COc1ccc(CC(=O)Nc2n[nH]c3c2CCN(C(=O)OC(C)(C)C)C3)cc1. The lowest BCUT2D eigenvalue weighted by Crippen LogP contribution is -2.40. The van der Waals surface area contributed by atoms with E-state index in [1.54, 1.807) is 12.0 Å². The summed E-state index contributed by atoms with van der Waals surface area (Å²) in [7, 11) is 1.60. The summed E-state index contributed by atoms with van der Waals surface area (Å²) in [4.78, 5) is 26.2. The number of methoxy groups -OCH3 is 1. The molecule has 2 heterocycles. The van der Waals surface area contributed by atoms with Crippen LogP contribution in [0.5, 0.6) is 5.75 Å². The third-order valence-electron chi connectivity index (χ3n) is 4.37. The number of ether oxygens (including phenoxy) is 2. The summed E-state index contributed by atoms with van der Waals surface area (Å²) in [6.07, 6.45) is 0.497. The molecule has 8 heteroatoms. The molecule has 1 aromatic carbocycles. The average molecular weight is 386 g/mol. The molecular weight excluding hydrogens is 360 g/mol. The second kappa shape index (κ2) is 7.92. The molecule has 2 amide bonds. The second-order valence-electron chi connectivity index (χ2n) is 7.75. The second-order valence-corrected chi connectivity index (χ2v) is 7.75. The minimum absolute atomic E-state index is 0.144. The van der Waals surface area contributed by atoms with Crippen LogP contribution in [0.1, 0.15) is 37.6 Å². The molecule has 0 atom stereocenters. The Morgan fingerprint density at radius 1 is 1.25 bits per heavy atom. The van der Waals surface area contributed by atoms with Crippen LogP contribution in [-0.2, 0) is 28.9 Å². The van der Waals surface area contributed by atoms with E-state index in [4.69, 9.17) is 9.47 Å². The van der Waals surface area contributed by atoms with E-state index in [1.165, 1.54) is 0 Å². The van der Waals surface area contributed by atoms with Crippen molar-refractivity contribution in [2.45, 2.75) is 45.8 Å². The van der Waals surface area contributed by atoms with Crippen molar-refractivity contribution < 1.29 is 19.1 Å². The summed E-state index contributed by atoms with van der Waals surface area (Å²) in [5.74, 6) is 1.13. The Bertz CT molecular complexity index is 852. The average Bonchev–Trinajstić information content (AvgIpc) is 3.03. The largest absolute Gasteiger partial charge is 0.497 e. The molecule has 1 aliphatic rings. The Hall–Kier alpha value is -3.03. The number of amides is 2. The summed E-state index contributed by atoms with van der Waals surface area (Å²) < 4.78 is 10.5. The van der Waals surface area contributed by atoms with E-state index in [-0.39, 0.29) is 18.4 Å². The lowest BCUT2D eigenvalue weighted by molar-refractivity contribution is -0.115. The molecule has 1 aliphatic heterocycles. The molecule has 0 unspecified atom stereocenters. The number of aromatic nitrogens is 2. The third-order valence-corrected chi connectivity index (χ3v) is 4.37. The van der Waals surface area contributed by atoms with Gasteiger partial charge in [-0.25, -0.2) is 4.79 Å². The highest BCUT2D eigenvalue weighted by molar-refractivity contribution is 5.92. The Kier molecular flexibility index (Phi) is 5.58. The zero-order chi connectivity index (χ0) is 20.3. The van der Waals surface area contributed by atoms with Crippen LogP contribution in [0.4, 0.5) is 10.6 Å². The Labute approximate surface area is 164 Å². The van der Waals surface area contributed by atoms with Gasteiger partial charge in [0.25, 0.3) is 0 Å². The van der Waals surface area contributed by atoms with Crippen molar-refractivity contribution in [3.05, 3.63) is 41.1 Å². The molecular formula is C20H26N4O4. The number of nitrogens with zero attached hydrogens (tertiary/aromatic N) is 2. The lowest BCUT2D eigenvalue weighted by atomic mass is 10.1. The van der Waals surface area contributed by atoms with E-state index in [0.717, 1.165) is 22.6 Å². The summed E-state index contributed by atoms with van der Waals surface area (Å²) in [6.45, 7) is 6.42. The van der Waals surface area contributed by atoms with Crippen LogP contribution >= 0.6 is 0 Å². The van der Waals surface area contributed by atoms with Gasteiger partial charge in [0, 0.05) is 12.1 Å². The first-order chi connectivity index (χ1) is 13.2. The van der Waals surface area contributed by atoms with Crippen molar-refractivity contribution in [2.24, 2.45) is 0 Å². The monoisotopic (exact) mass is 386 g/mol. The predicted octanol–water partition coefficient (Wildman–Crippen LogP) is 2.89. The maximum Gasteiger partial charge on any atom is 0.410 e. The molecule has 2 aromatic rings.